The lowest BCUT2D eigenvalue weighted by Gasteiger charge is -2.32. The third-order valence-electron chi connectivity index (χ3n) is 3.40. The van der Waals surface area contributed by atoms with Crippen LogP contribution in [0.1, 0.15) is 23.4 Å². The summed E-state index contributed by atoms with van der Waals surface area (Å²) in [6, 6.07) is 13.0. The van der Waals surface area contributed by atoms with Crippen molar-refractivity contribution in [3.8, 4) is 5.75 Å². The molecule has 94 valence electrons. The summed E-state index contributed by atoms with van der Waals surface area (Å²) in [6.07, 6.45) is 0. The summed E-state index contributed by atoms with van der Waals surface area (Å²) in [7, 11) is 0. The minimum Gasteiger partial charge on any atom is -0.493 e. The number of benzene rings is 1. The lowest BCUT2D eigenvalue weighted by Crippen LogP contribution is -2.33. The average Bonchev–Trinajstić information content (AvgIpc) is 2.91. The highest BCUT2D eigenvalue weighted by Gasteiger charge is 2.26. The maximum Gasteiger partial charge on any atom is 0.124 e. The number of ether oxygens (including phenoxy) is 1. The van der Waals surface area contributed by atoms with Gasteiger partial charge in [-0.05, 0) is 17.5 Å². The summed E-state index contributed by atoms with van der Waals surface area (Å²) in [4.78, 5) is 1.38. The van der Waals surface area contributed by atoms with Gasteiger partial charge in [0.15, 0.2) is 0 Å². The van der Waals surface area contributed by atoms with Crippen molar-refractivity contribution < 1.29 is 4.74 Å². The molecule has 3 heteroatoms. The van der Waals surface area contributed by atoms with Gasteiger partial charge in [-0.2, -0.15) is 0 Å². The number of nitrogens with one attached hydrogen (secondary N) is 1. The molecule has 1 aromatic carbocycles. The second-order valence-corrected chi connectivity index (χ2v) is 5.80. The highest BCUT2D eigenvalue weighted by atomic mass is 32.1. The van der Waals surface area contributed by atoms with Gasteiger partial charge in [0.1, 0.15) is 5.75 Å². The summed E-state index contributed by atoms with van der Waals surface area (Å²) in [6.45, 7) is 3.96. The third kappa shape index (κ3) is 2.28. The highest BCUT2D eigenvalue weighted by Crippen LogP contribution is 2.35. The number of fused-ring (bicyclic) bond motifs is 1. The van der Waals surface area contributed by atoms with Crippen LogP contribution >= 0.6 is 11.3 Å². The molecule has 1 N–H and O–H groups in total. The molecule has 0 radical (unpaired) electrons. The Morgan fingerprint density at radius 2 is 2.17 bits per heavy atom. The second kappa shape index (κ2) is 5.12. The maximum absolute atomic E-state index is 5.77. The van der Waals surface area contributed by atoms with E-state index in [2.05, 4.69) is 48.0 Å². The Bertz CT molecular complexity index is 509. The topological polar surface area (TPSA) is 21.3 Å². The van der Waals surface area contributed by atoms with E-state index in [0.29, 0.717) is 12.0 Å². The SMILES string of the molecule is CC1COc2ccccc2C1NCc1cccs1. The molecule has 1 aliphatic rings. The van der Waals surface area contributed by atoms with Crippen LogP contribution < -0.4 is 10.1 Å². The van der Waals surface area contributed by atoms with E-state index in [1.807, 2.05) is 6.07 Å². The summed E-state index contributed by atoms with van der Waals surface area (Å²) in [5, 5.41) is 5.78. The molecule has 2 nitrogen and oxygen atoms in total. The predicted molar refractivity (Wildman–Crippen MR) is 75.0 cm³/mol. The van der Waals surface area contributed by atoms with Crippen LogP contribution in [0.2, 0.25) is 0 Å². The first-order valence-corrected chi connectivity index (χ1v) is 7.20. The lowest BCUT2D eigenvalue weighted by molar-refractivity contribution is 0.188. The first-order chi connectivity index (χ1) is 8.84. The molecular weight excluding hydrogens is 242 g/mol. The van der Waals surface area contributed by atoms with Gasteiger partial charge in [0, 0.05) is 28.9 Å². The van der Waals surface area contributed by atoms with Crippen LogP contribution in [-0.4, -0.2) is 6.61 Å². The number of para-hydroxylation sites is 1. The van der Waals surface area contributed by atoms with Crippen molar-refractivity contribution in [2.45, 2.75) is 19.5 Å². The molecule has 0 aliphatic carbocycles. The smallest absolute Gasteiger partial charge is 0.124 e. The molecule has 0 saturated heterocycles. The molecule has 2 unspecified atom stereocenters. The molecule has 0 spiro atoms. The normalized spacial score (nSPS) is 22.3. The molecule has 0 saturated carbocycles. The third-order valence-corrected chi connectivity index (χ3v) is 4.28. The van der Waals surface area contributed by atoms with E-state index in [1.54, 1.807) is 11.3 Å². The van der Waals surface area contributed by atoms with Crippen LogP contribution in [0.15, 0.2) is 41.8 Å². The van der Waals surface area contributed by atoms with Crippen molar-refractivity contribution >= 4 is 11.3 Å². The van der Waals surface area contributed by atoms with E-state index >= 15 is 0 Å². The zero-order valence-electron chi connectivity index (χ0n) is 10.4. The molecule has 3 rings (SSSR count). The summed E-state index contributed by atoms with van der Waals surface area (Å²) in [5.74, 6) is 1.53. The molecule has 0 amide bonds. The largest absolute Gasteiger partial charge is 0.493 e. The zero-order valence-corrected chi connectivity index (χ0v) is 11.2. The van der Waals surface area contributed by atoms with Gasteiger partial charge in [-0.15, -0.1) is 11.3 Å². The number of rotatable bonds is 3. The van der Waals surface area contributed by atoms with Crippen molar-refractivity contribution in [1.82, 2.24) is 5.32 Å². The fourth-order valence-electron chi connectivity index (χ4n) is 2.43. The Labute approximate surface area is 112 Å². The lowest BCUT2D eigenvalue weighted by atomic mass is 9.92. The summed E-state index contributed by atoms with van der Waals surface area (Å²) < 4.78 is 5.77. The molecule has 18 heavy (non-hydrogen) atoms. The quantitative estimate of drug-likeness (QED) is 0.909. The number of hydrogen-bond acceptors (Lipinski definition) is 3. The van der Waals surface area contributed by atoms with Gasteiger partial charge in [0.25, 0.3) is 0 Å². The van der Waals surface area contributed by atoms with Gasteiger partial charge >= 0.3 is 0 Å². The Morgan fingerprint density at radius 3 is 3.00 bits per heavy atom. The Morgan fingerprint density at radius 1 is 1.28 bits per heavy atom. The van der Waals surface area contributed by atoms with Crippen LogP contribution in [0.4, 0.5) is 0 Å². The minimum atomic E-state index is 0.386. The fourth-order valence-corrected chi connectivity index (χ4v) is 3.08. The number of thiophene rings is 1. The van der Waals surface area contributed by atoms with E-state index < -0.39 is 0 Å². The van der Waals surface area contributed by atoms with Crippen molar-refractivity contribution in [1.29, 1.82) is 0 Å². The van der Waals surface area contributed by atoms with E-state index in [1.165, 1.54) is 10.4 Å². The van der Waals surface area contributed by atoms with Crippen LogP contribution in [0.5, 0.6) is 5.75 Å². The van der Waals surface area contributed by atoms with Crippen LogP contribution in [0.25, 0.3) is 0 Å². The van der Waals surface area contributed by atoms with E-state index in [4.69, 9.17) is 4.74 Å². The van der Waals surface area contributed by atoms with Gasteiger partial charge in [0.05, 0.1) is 6.61 Å². The highest BCUT2D eigenvalue weighted by molar-refractivity contribution is 7.09. The monoisotopic (exact) mass is 259 g/mol. The Kier molecular flexibility index (Phi) is 3.35. The second-order valence-electron chi connectivity index (χ2n) is 4.76. The first-order valence-electron chi connectivity index (χ1n) is 6.32. The van der Waals surface area contributed by atoms with E-state index in [0.717, 1.165) is 18.9 Å². The average molecular weight is 259 g/mol. The molecule has 2 atom stereocenters. The maximum atomic E-state index is 5.77. The number of hydrogen-bond donors (Lipinski definition) is 1. The first kappa shape index (κ1) is 11.8. The van der Waals surface area contributed by atoms with Gasteiger partial charge in [-0.25, -0.2) is 0 Å². The molecule has 2 heterocycles. The van der Waals surface area contributed by atoms with E-state index in [-0.39, 0.29) is 0 Å². The van der Waals surface area contributed by atoms with Crippen LogP contribution in [0.3, 0.4) is 0 Å². The van der Waals surface area contributed by atoms with Crippen LogP contribution in [-0.2, 0) is 6.54 Å². The molecule has 0 bridgehead atoms. The van der Waals surface area contributed by atoms with Gasteiger partial charge in [0.2, 0.25) is 0 Å². The molecular formula is C15H17NOS. The summed E-state index contributed by atoms with van der Waals surface area (Å²) in [5.41, 5.74) is 1.29. The van der Waals surface area contributed by atoms with Gasteiger partial charge < -0.3 is 10.1 Å². The van der Waals surface area contributed by atoms with Crippen molar-refractivity contribution in [3.63, 3.8) is 0 Å². The Hall–Kier alpha value is -1.32. The Balaban J connectivity index is 1.78. The minimum absolute atomic E-state index is 0.386. The van der Waals surface area contributed by atoms with Crippen LogP contribution in [0, 0.1) is 5.92 Å². The molecule has 1 aromatic heterocycles. The molecule has 0 fully saturated rings. The zero-order chi connectivity index (χ0) is 12.4. The summed E-state index contributed by atoms with van der Waals surface area (Å²) >= 11 is 1.80. The van der Waals surface area contributed by atoms with Crippen molar-refractivity contribution in [3.05, 3.63) is 52.2 Å². The molecule has 1 aliphatic heterocycles. The molecule has 2 aromatic rings. The van der Waals surface area contributed by atoms with Gasteiger partial charge in [-0.3, -0.25) is 0 Å². The standard InChI is InChI=1S/C15H17NOS/c1-11-10-17-14-7-3-2-6-13(14)15(11)16-9-12-5-4-8-18-12/h2-8,11,15-16H,9-10H2,1H3. The predicted octanol–water partition coefficient (Wildman–Crippen LogP) is 3.61. The van der Waals surface area contributed by atoms with Gasteiger partial charge in [-0.1, -0.05) is 31.2 Å². The van der Waals surface area contributed by atoms with Crippen molar-refractivity contribution in [2.75, 3.05) is 6.61 Å². The van der Waals surface area contributed by atoms with Crippen molar-refractivity contribution in [2.24, 2.45) is 5.92 Å². The van der Waals surface area contributed by atoms with E-state index in [9.17, 15) is 0 Å². The fraction of sp³-hybridized carbons (Fsp3) is 0.333.